The number of hydrogen-bond acceptors (Lipinski definition) is 3. The Morgan fingerprint density at radius 2 is 1.57 bits per heavy atom. The van der Waals surface area contributed by atoms with Crippen molar-refractivity contribution in [3.63, 3.8) is 0 Å². The van der Waals surface area contributed by atoms with Gasteiger partial charge in [-0.15, -0.1) is 0 Å². The van der Waals surface area contributed by atoms with Gasteiger partial charge in [-0.2, -0.15) is 0 Å². The number of methoxy groups -OCH3 is 1. The molecule has 0 unspecified atom stereocenters. The number of benzene rings is 3. The first-order chi connectivity index (χ1) is 13.8. The Morgan fingerprint density at radius 1 is 0.857 bits per heavy atom. The molecule has 0 saturated carbocycles. The maximum absolute atomic E-state index is 5.96. The molecule has 0 spiro atoms. The number of allylic oxidation sites excluding steroid dienone is 1. The van der Waals surface area contributed by atoms with Crippen LogP contribution in [-0.4, -0.2) is 16.7 Å². The van der Waals surface area contributed by atoms with Crippen LogP contribution in [0.4, 0.5) is 0 Å². The molecule has 4 aromatic rings. The molecule has 4 rings (SSSR count). The van der Waals surface area contributed by atoms with E-state index in [1.54, 1.807) is 7.11 Å². The smallest absolute Gasteiger partial charge is 0.148 e. The topological polar surface area (TPSA) is 36.3 Å². The van der Waals surface area contributed by atoms with Gasteiger partial charge in [0.25, 0.3) is 0 Å². The molecule has 0 fully saturated rings. The summed E-state index contributed by atoms with van der Waals surface area (Å²) in [6.45, 7) is 1.14. The van der Waals surface area contributed by atoms with Crippen LogP contribution >= 0.6 is 0 Å². The third-order valence-corrected chi connectivity index (χ3v) is 4.56. The van der Waals surface area contributed by atoms with Crippen molar-refractivity contribution < 1.29 is 9.47 Å². The second kappa shape index (κ2) is 8.44. The first kappa shape index (κ1) is 17.9. The van der Waals surface area contributed by atoms with Crippen LogP contribution in [-0.2, 0) is 13.2 Å². The molecule has 1 aromatic heterocycles. The monoisotopic (exact) mass is 370 g/mol. The minimum absolute atomic E-state index is 0.403. The third-order valence-electron chi connectivity index (χ3n) is 4.56. The largest absolute Gasteiger partial charge is 0.497 e. The molecular formula is C24H22N2O2. The Balaban J connectivity index is 1.55. The van der Waals surface area contributed by atoms with E-state index >= 15 is 0 Å². The van der Waals surface area contributed by atoms with Crippen LogP contribution in [0.15, 0.2) is 84.9 Å². The van der Waals surface area contributed by atoms with Crippen LogP contribution in [0, 0.1) is 0 Å². The lowest BCUT2D eigenvalue weighted by molar-refractivity contribution is 0.291. The van der Waals surface area contributed by atoms with E-state index < -0.39 is 0 Å². The minimum atomic E-state index is 0.403. The van der Waals surface area contributed by atoms with Crippen molar-refractivity contribution >= 4 is 17.1 Å². The third kappa shape index (κ3) is 4.07. The number of aromatic nitrogens is 2. The van der Waals surface area contributed by atoms with Gasteiger partial charge in [0, 0.05) is 6.54 Å². The molecule has 1 heterocycles. The van der Waals surface area contributed by atoms with Gasteiger partial charge in [0.2, 0.25) is 0 Å². The van der Waals surface area contributed by atoms with Crippen molar-refractivity contribution in [2.75, 3.05) is 7.11 Å². The quantitative estimate of drug-likeness (QED) is 0.441. The molecule has 28 heavy (non-hydrogen) atoms. The number of nitrogens with zero attached hydrogens (tertiary/aromatic N) is 2. The maximum atomic E-state index is 5.96. The average molecular weight is 370 g/mol. The van der Waals surface area contributed by atoms with E-state index in [1.165, 1.54) is 5.56 Å². The summed E-state index contributed by atoms with van der Waals surface area (Å²) < 4.78 is 13.3. The minimum Gasteiger partial charge on any atom is -0.497 e. The zero-order chi connectivity index (χ0) is 19.2. The molecule has 0 aliphatic rings. The summed E-state index contributed by atoms with van der Waals surface area (Å²) in [4.78, 5) is 4.77. The van der Waals surface area contributed by atoms with Gasteiger partial charge >= 0.3 is 0 Å². The summed E-state index contributed by atoms with van der Waals surface area (Å²) in [6, 6.07) is 26.1. The van der Waals surface area contributed by atoms with Crippen LogP contribution < -0.4 is 9.47 Å². The van der Waals surface area contributed by atoms with Crippen LogP contribution in [0.25, 0.3) is 17.1 Å². The van der Waals surface area contributed by atoms with E-state index in [0.29, 0.717) is 6.61 Å². The van der Waals surface area contributed by atoms with Gasteiger partial charge in [-0.25, -0.2) is 4.98 Å². The van der Waals surface area contributed by atoms with Crippen LogP contribution in [0.5, 0.6) is 11.5 Å². The number of ether oxygens (including phenoxy) is 2. The zero-order valence-corrected chi connectivity index (χ0v) is 15.8. The first-order valence-electron chi connectivity index (χ1n) is 9.26. The molecule has 0 radical (unpaired) electrons. The maximum Gasteiger partial charge on any atom is 0.148 e. The molecule has 3 aromatic carbocycles. The van der Waals surface area contributed by atoms with Crippen molar-refractivity contribution in [2.45, 2.75) is 13.2 Å². The van der Waals surface area contributed by atoms with E-state index in [9.17, 15) is 0 Å². The Hall–Kier alpha value is -3.53. The van der Waals surface area contributed by atoms with Crippen molar-refractivity contribution in [1.29, 1.82) is 0 Å². The highest BCUT2D eigenvalue weighted by molar-refractivity contribution is 5.76. The number of hydrogen-bond donors (Lipinski definition) is 0. The molecule has 0 aliphatic carbocycles. The summed E-state index contributed by atoms with van der Waals surface area (Å²) in [5.74, 6) is 2.50. The fourth-order valence-electron chi connectivity index (χ4n) is 3.12. The SMILES string of the molecule is COc1ccc(OCc2nc3ccccc3n2CC=Cc2ccccc2)cc1. The van der Waals surface area contributed by atoms with Crippen molar-refractivity contribution in [3.8, 4) is 11.5 Å². The zero-order valence-electron chi connectivity index (χ0n) is 15.8. The number of imidazole rings is 1. The summed E-state index contributed by atoms with van der Waals surface area (Å²) in [6.07, 6.45) is 4.28. The molecule has 0 bridgehead atoms. The number of fused-ring (bicyclic) bond motifs is 1. The summed E-state index contributed by atoms with van der Waals surface area (Å²) in [7, 11) is 1.65. The molecule has 140 valence electrons. The van der Waals surface area contributed by atoms with Crippen LogP contribution in [0.1, 0.15) is 11.4 Å². The lowest BCUT2D eigenvalue weighted by Gasteiger charge is -2.09. The summed E-state index contributed by atoms with van der Waals surface area (Å²) >= 11 is 0. The standard InChI is InChI=1S/C24H22N2O2/c1-27-20-13-15-21(16-14-20)28-18-24-25-22-11-5-6-12-23(22)26(24)17-7-10-19-8-3-2-4-9-19/h2-16H,17-18H2,1H3. The Bertz CT molecular complexity index is 1070. The molecule has 0 aliphatic heterocycles. The lowest BCUT2D eigenvalue weighted by atomic mass is 10.2. The Morgan fingerprint density at radius 3 is 2.36 bits per heavy atom. The van der Waals surface area contributed by atoms with Gasteiger partial charge in [0.05, 0.1) is 18.1 Å². The highest BCUT2D eigenvalue weighted by Gasteiger charge is 2.10. The molecule has 4 heteroatoms. The predicted molar refractivity (Wildman–Crippen MR) is 113 cm³/mol. The summed E-state index contributed by atoms with van der Waals surface area (Å²) in [5.41, 5.74) is 3.26. The highest BCUT2D eigenvalue weighted by atomic mass is 16.5. The highest BCUT2D eigenvalue weighted by Crippen LogP contribution is 2.21. The second-order valence-corrected chi connectivity index (χ2v) is 6.40. The van der Waals surface area contributed by atoms with Crippen molar-refractivity contribution in [1.82, 2.24) is 9.55 Å². The Labute approximate surface area is 164 Å². The van der Waals surface area contributed by atoms with Gasteiger partial charge in [0.15, 0.2) is 0 Å². The fraction of sp³-hybridized carbons (Fsp3) is 0.125. The molecule has 0 amide bonds. The lowest BCUT2D eigenvalue weighted by Crippen LogP contribution is -2.06. The van der Waals surface area contributed by atoms with E-state index in [1.807, 2.05) is 60.7 Å². The number of para-hydroxylation sites is 2. The summed E-state index contributed by atoms with van der Waals surface area (Å²) in [5, 5.41) is 0. The van der Waals surface area contributed by atoms with E-state index in [4.69, 9.17) is 14.5 Å². The van der Waals surface area contributed by atoms with E-state index in [-0.39, 0.29) is 0 Å². The molecule has 0 N–H and O–H groups in total. The van der Waals surface area contributed by atoms with Crippen molar-refractivity contribution in [3.05, 3.63) is 96.3 Å². The fourth-order valence-corrected chi connectivity index (χ4v) is 3.12. The normalized spacial score (nSPS) is 11.2. The van der Waals surface area contributed by atoms with E-state index in [2.05, 4.69) is 34.9 Å². The first-order valence-corrected chi connectivity index (χ1v) is 9.26. The van der Waals surface area contributed by atoms with Gasteiger partial charge in [0.1, 0.15) is 23.9 Å². The van der Waals surface area contributed by atoms with Gasteiger partial charge in [-0.3, -0.25) is 0 Å². The molecule has 4 nitrogen and oxygen atoms in total. The van der Waals surface area contributed by atoms with Crippen molar-refractivity contribution in [2.24, 2.45) is 0 Å². The van der Waals surface area contributed by atoms with Crippen LogP contribution in [0.3, 0.4) is 0 Å². The number of rotatable bonds is 7. The Kier molecular flexibility index (Phi) is 5.38. The molecular weight excluding hydrogens is 348 g/mol. The van der Waals surface area contributed by atoms with E-state index in [0.717, 1.165) is 34.9 Å². The second-order valence-electron chi connectivity index (χ2n) is 6.40. The van der Waals surface area contributed by atoms with Gasteiger partial charge < -0.3 is 14.0 Å². The molecule has 0 atom stereocenters. The average Bonchev–Trinajstić information content (AvgIpc) is 3.11. The van der Waals surface area contributed by atoms with Crippen LogP contribution in [0.2, 0.25) is 0 Å². The predicted octanol–water partition coefficient (Wildman–Crippen LogP) is 5.34. The molecule has 0 saturated heterocycles. The van der Waals surface area contributed by atoms with Gasteiger partial charge in [-0.1, -0.05) is 54.6 Å². The van der Waals surface area contributed by atoms with Gasteiger partial charge in [-0.05, 0) is 42.0 Å².